The van der Waals surface area contributed by atoms with Crippen LogP contribution in [-0.4, -0.2) is 82.5 Å². The van der Waals surface area contributed by atoms with Crippen LogP contribution in [0, 0.1) is 5.41 Å². The largest absolute Gasteiger partial charge is 0.394 e. The molecule has 3 atom stereocenters. The fourth-order valence-corrected chi connectivity index (χ4v) is 3.48. The number of guanidine groups is 1. The molecule has 0 unspecified atom stereocenters. The molecule has 0 spiro atoms. The lowest BCUT2D eigenvalue weighted by atomic mass is 10.1. The van der Waals surface area contributed by atoms with E-state index in [4.69, 9.17) is 42.7 Å². The van der Waals surface area contributed by atoms with Crippen LogP contribution in [0.1, 0.15) is 50.0 Å². The van der Waals surface area contributed by atoms with Crippen LogP contribution in [0.15, 0.2) is 0 Å². The number of nitrogens with zero attached hydrogens (tertiary/aromatic N) is 2. The van der Waals surface area contributed by atoms with Crippen molar-refractivity contribution < 1.29 is 29.2 Å². The topological polar surface area (TPSA) is 211 Å². The van der Waals surface area contributed by atoms with Crippen LogP contribution in [0.4, 0.5) is 11.6 Å². The Bertz CT molecular complexity index is 844. The van der Waals surface area contributed by atoms with Crippen molar-refractivity contribution >= 4 is 35.1 Å². The Morgan fingerprint density at radius 3 is 2.65 bits per heavy atom. The molecule has 2 rings (SSSR count). The summed E-state index contributed by atoms with van der Waals surface area (Å²) in [7, 11) is 0. The summed E-state index contributed by atoms with van der Waals surface area (Å²) >= 11 is 5.75. The zero-order valence-electron chi connectivity index (χ0n) is 19.3. The molecule has 1 aliphatic heterocycles. The highest BCUT2D eigenvalue weighted by molar-refractivity contribution is 6.31. The van der Waals surface area contributed by atoms with E-state index in [0.717, 1.165) is 25.7 Å². The molecule has 1 fully saturated rings. The minimum Gasteiger partial charge on any atom is -0.394 e. The Balaban J connectivity index is 1.53. The van der Waals surface area contributed by atoms with Gasteiger partial charge in [-0.15, -0.1) is 0 Å². The van der Waals surface area contributed by atoms with Crippen molar-refractivity contribution in [3.63, 3.8) is 0 Å². The van der Waals surface area contributed by atoms with E-state index in [1.807, 2.05) is 0 Å². The molecule has 1 aromatic rings. The zero-order chi connectivity index (χ0) is 25.3. The smallest absolute Gasteiger partial charge is 0.280 e. The molecule has 13 nitrogen and oxygen atoms in total. The summed E-state index contributed by atoms with van der Waals surface area (Å²) in [5.74, 6) is -2.02. The molecular formula is C20H34ClN7O6. The number of aromatic nitrogens is 2. The second kappa shape index (κ2) is 13.0. The van der Waals surface area contributed by atoms with E-state index in [2.05, 4.69) is 20.6 Å². The number of hydrogen-bond acceptors (Lipinski definition) is 11. The third-order valence-electron chi connectivity index (χ3n) is 4.94. The van der Waals surface area contributed by atoms with E-state index >= 15 is 0 Å². The highest BCUT2D eigenvalue weighted by Crippen LogP contribution is 2.29. The first-order valence-electron chi connectivity index (χ1n) is 11.0. The molecule has 1 aromatic heterocycles. The van der Waals surface area contributed by atoms with Gasteiger partial charge in [-0.25, -0.2) is 9.97 Å². The first-order valence-corrected chi connectivity index (χ1v) is 11.4. The molecular weight excluding hydrogens is 470 g/mol. The van der Waals surface area contributed by atoms with Crippen LogP contribution in [0.3, 0.4) is 0 Å². The number of anilines is 2. The molecule has 2 heterocycles. The number of carbonyl (C=O) groups excluding carboxylic acids is 1. The normalized spacial score (nSPS) is 20.1. The van der Waals surface area contributed by atoms with E-state index in [0.29, 0.717) is 13.2 Å². The first-order chi connectivity index (χ1) is 16.0. The summed E-state index contributed by atoms with van der Waals surface area (Å²) in [5.41, 5.74) is 10.9. The van der Waals surface area contributed by atoms with Crippen molar-refractivity contribution in [3.8, 4) is 0 Å². The molecule has 1 saturated heterocycles. The summed E-state index contributed by atoms with van der Waals surface area (Å²) in [6.07, 6.45) is 1.23. The Morgan fingerprint density at radius 1 is 1.24 bits per heavy atom. The van der Waals surface area contributed by atoms with Crippen molar-refractivity contribution in [2.45, 2.75) is 63.6 Å². The highest BCUT2D eigenvalue weighted by Gasteiger charge is 2.44. The maximum Gasteiger partial charge on any atom is 0.280 e. The Morgan fingerprint density at radius 2 is 1.94 bits per heavy atom. The molecule has 1 amide bonds. The van der Waals surface area contributed by atoms with Crippen LogP contribution in [-0.2, 0) is 14.2 Å². The van der Waals surface area contributed by atoms with E-state index in [9.17, 15) is 15.0 Å². The quantitative estimate of drug-likeness (QED) is 0.114. The number of ether oxygens (including phenoxy) is 3. The van der Waals surface area contributed by atoms with Gasteiger partial charge in [0, 0.05) is 13.2 Å². The number of aliphatic hydroxyl groups excluding tert-OH is 2. The number of amides is 1. The number of rotatable bonds is 12. The molecule has 0 bridgehead atoms. The van der Waals surface area contributed by atoms with E-state index < -0.39 is 30.0 Å². The van der Waals surface area contributed by atoms with Crippen molar-refractivity contribution in [1.29, 1.82) is 5.41 Å². The monoisotopic (exact) mass is 503 g/mol. The second-order valence-corrected chi connectivity index (χ2v) is 8.63. The second-order valence-electron chi connectivity index (χ2n) is 8.27. The molecule has 1 aliphatic rings. The summed E-state index contributed by atoms with van der Waals surface area (Å²) in [6.45, 7) is 4.27. The number of aliphatic hydroxyl groups is 2. The van der Waals surface area contributed by atoms with Crippen LogP contribution in [0.5, 0.6) is 0 Å². The predicted molar refractivity (Wildman–Crippen MR) is 125 cm³/mol. The number of halogens is 1. The third-order valence-corrected chi connectivity index (χ3v) is 5.22. The van der Waals surface area contributed by atoms with E-state index in [1.54, 1.807) is 13.8 Å². The molecule has 0 aliphatic carbocycles. The number of nitrogens with two attached hydrogens (primary N) is 2. The van der Waals surface area contributed by atoms with Crippen LogP contribution in [0.25, 0.3) is 0 Å². The average molecular weight is 504 g/mol. The fourth-order valence-electron chi connectivity index (χ4n) is 3.35. The van der Waals surface area contributed by atoms with Crippen LogP contribution < -0.4 is 22.1 Å². The minimum absolute atomic E-state index is 0.0812. The summed E-state index contributed by atoms with van der Waals surface area (Å²) in [4.78, 5) is 19.6. The molecule has 14 heteroatoms. The van der Waals surface area contributed by atoms with Gasteiger partial charge in [0.2, 0.25) is 0 Å². The number of hydrogen-bond donors (Lipinski definition) is 7. The lowest BCUT2D eigenvalue weighted by Crippen LogP contribution is -2.41. The lowest BCUT2D eigenvalue weighted by Gasteiger charge is -2.21. The summed E-state index contributed by atoms with van der Waals surface area (Å²) in [6, 6.07) is 0. The van der Waals surface area contributed by atoms with Crippen LogP contribution in [0.2, 0.25) is 5.15 Å². The van der Waals surface area contributed by atoms with Gasteiger partial charge in [0.15, 0.2) is 34.2 Å². The van der Waals surface area contributed by atoms with Gasteiger partial charge < -0.3 is 41.2 Å². The SMILES string of the molecule is CC1(C)O[C@H]([C@H](O)COCCCCCCNC(=N)NC(=O)c2nc(Cl)c(N)nc2N)[C@H](CO)O1. The number of nitrogen functional groups attached to an aromatic ring is 2. The molecule has 34 heavy (non-hydrogen) atoms. The molecule has 192 valence electrons. The zero-order valence-corrected chi connectivity index (χ0v) is 20.1. The van der Waals surface area contributed by atoms with Crippen molar-refractivity contribution in [3.05, 3.63) is 10.8 Å². The number of nitrogens with one attached hydrogen (secondary N) is 3. The summed E-state index contributed by atoms with van der Waals surface area (Å²) in [5, 5.41) is 32.4. The Kier molecular flexibility index (Phi) is 10.7. The van der Waals surface area contributed by atoms with Gasteiger partial charge in [-0.3, -0.25) is 15.5 Å². The number of carbonyl (C=O) groups is 1. The van der Waals surface area contributed by atoms with E-state index in [-0.39, 0.29) is 41.7 Å². The highest BCUT2D eigenvalue weighted by atomic mass is 35.5. The first kappa shape index (κ1) is 28.0. The van der Waals surface area contributed by atoms with Gasteiger partial charge >= 0.3 is 0 Å². The van der Waals surface area contributed by atoms with Crippen molar-refractivity contribution in [1.82, 2.24) is 20.6 Å². The van der Waals surface area contributed by atoms with E-state index in [1.165, 1.54) is 0 Å². The van der Waals surface area contributed by atoms with Crippen molar-refractivity contribution in [2.75, 3.05) is 37.8 Å². The summed E-state index contributed by atoms with van der Waals surface area (Å²) < 4.78 is 16.7. The van der Waals surface area contributed by atoms with Crippen molar-refractivity contribution in [2.24, 2.45) is 0 Å². The standard InChI is InChI=1S/C20H34ClN7O6/c1-20(2)33-12(9-29)14(34-20)11(30)10-32-8-6-4-3-5-7-25-19(24)28-18(31)13-16(22)27-17(23)15(21)26-13/h11-12,14,29-30H,3-10H2,1-2H3,(H4,22,23,27)(H3,24,25,28,31)/t11-,12+,14-/m1/s1. The maximum atomic E-state index is 12.1. The average Bonchev–Trinajstić information content (AvgIpc) is 3.09. The fraction of sp³-hybridized carbons (Fsp3) is 0.700. The number of unbranched alkanes of at least 4 members (excludes halogenated alkanes) is 3. The third kappa shape index (κ3) is 8.49. The molecule has 0 saturated carbocycles. The maximum absolute atomic E-state index is 12.1. The molecule has 0 aromatic carbocycles. The van der Waals surface area contributed by atoms with Crippen LogP contribution >= 0.6 is 11.6 Å². The minimum atomic E-state index is -0.894. The van der Waals surface area contributed by atoms with Gasteiger partial charge in [-0.1, -0.05) is 24.4 Å². The Hall–Kier alpha value is -2.29. The van der Waals surface area contributed by atoms with Gasteiger partial charge in [0.1, 0.15) is 18.3 Å². The van der Waals surface area contributed by atoms with Gasteiger partial charge in [0.25, 0.3) is 5.91 Å². The van der Waals surface area contributed by atoms with Gasteiger partial charge in [0.05, 0.1) is 13.2 Å². The lowest BCUT2D eigenvalue weighted by molar-refractivity contribution is -0.160. The Labute approximate surface area is 203 Å². The molecule has 9 N–H and O–H groups in total. The predicted octanol–water partition coefficient (Wildman–Crippen LogP) is -0.00113. The molecule has 0 radical (unpaired) electrons. The van der Waals surface area contributed by atoms with Gasteiger partial charge in [-0.2, -0.15) is 0 Å². The van der Waals surface area contributed by atoms with Gasteiger partial charge in [-0.05, 0) is 26.7 Å².